The van der Waals surface area contributed by atoms with E-state index < -0.39 is 15.4 Å². The van der Waals surface area contributed by atoms with Crippen molar-refractivity contribution in [1.82, 2.24) is 23.7 Å². The van der Waals surface area contributed by atoms with Gasteiger partial charge in [-0.1, -0.05) is 6.92 Å². The largest absolute Gasteiger partial charge is 0.338 e. The van der Waals surface area contributed by atoms with Crippen molar-refractivity contribution in [2.45, 2.75) is 52.1 Å². The third-order valence-electron chi connectivity index (χ3n) is 6.61. The zero-order valence-electron chi connectivity index (χ0n) is 18.4. The summed E-state index contributed by atoms with van der Waals surface area (Å²) in [5.74, 6) is -0.109. The second-order valence-corrected chi connectivity index (χ2v) is 11.1. The van der Waals surface area contributed by atoms with E-state index in [4.69, 9.17) is 0 Å². The number of hydrogen-bond acceptors (Lipinski definition) is 5. The van der Waals surface area contributed by atoms with E-state index in [1.54, 1.807) is 18.7 Å². The molecule has 0 bridgehead atoms. The van der Waals surface area contributed by atoms with Crippen LogP contribution >= 0.6 is 0 Å². The fourth-order valence-corrected chi connectivity index (χ4v) is 6.42. The molecule has 2 fully saturated rings. The molecule has 2 atom stereocenters. The number of sulfonamides is 1. The SMILES string of the molecule is CCCS(=O)(=O)N1C[C@H](c2cn(C(C)C)cn2)[C@]2(CCN(Cc3ccncc3)C2=O)C1. The number of hydrogen-bond donors (Lipinski definition) is 0. The van der Waals surface area contributed by atoms with Crippen molar-refractivity contribution in [1.29, 1.82) is 0 Å². The normalized spacial score (nSPS) is 24.7. The summed E-state index contributed by atoms with van der Waals surface area (Å²) < 4.78 is 29.4. The van der Waals surface area contributed by atoms with Crippen molar-refractivity contribution >= 4 is 15.9 Å². The molecule has 4 heterocycles. The molecule has 2 aliphatic heterocycles. The first-order valence-electron chi connectivity index (χ1n) is 11.0. The summed E-state index contributed by atoms with van der Waals surface area (Å²) in [6.45, 7) is 7.69. The van der Waals surface area contributed by atoms with E-state index in [1.165, 1.54) is 4.31 Å². The lowest BCUT2D eigenvalue weighted by molar-refractivity contribution is -0.136. The fourth-order valence-electron chi connectivity index (χ4n) is 4.85. The van der Waals surface area contributed by atoms with E-state index in [0.717, 1.165) is 11.3 Å². The van der Waals surface area contributed by atoms with Crippen molar-refractivity contribution in [3.05, 3.63) is 48.3 Å². The van der Waals surface area contributed by atoms with E-state index in [2.05, 4.69) is 23.8 Å². The Morgan fingerprint density at radius 3 is 2.65 bits per heavy atom. The van der Waals surface area contributed by atoms with Gasteiger partial charge < -0.3 is 9.47 Å². The average Bonchev–Trinajstić information content (AvgIpc) is 3.44. The molecule has 2 aromatic rings. The fraction of sp³-hybridized carbons (Fsp3) is 0.591. The van der Waals surface area contributed by atoms with Gasteiger partial charge in [-0.05, 0) is 44.4 Å². The summed E-state index contributed by atoms with van der Waals surface area (Å²) in [4.78, 5) is 24.3. The predicted octanol–water partition coefficient (Wildman–Crippen LogP) is 2.42. The van der Waals surface area contributed by atoms with Crippen molar-refractivity contribution in [2.24, 2.45) is 5.41 Å². The number of aromatic nitrogens is 3. The van der Waals surface area contributed by atoms with Crippen LogP contribution in [-0.4, -0.2) is 63.5 Å². The average molecular weight is 446 g/mol. The molecule has 1 amide bonds. The van der Waals surface area contributed by atoms with Crippen LogP contribution < -0.4 is 0 Å². The van der Waals surface area contributed by atoms with Gasteiger partial charge in [-0.2, -0.15) is 0 Å². The molecule has 0 aliphatic carbocycles. The second-order valence-electron chi connectivity index (χ2n) is 8.99. The zero-order valence-corrected chi connectivity index (χ0v) is 19.3. The molecule has 0 saturated carbocycles. The molecule has 168 valence electrons. The summed E-state index contributed by atoms with van der Waals surface area (Å²) in [6.07, 6.45) is 8.40. The summed E-state index contributed by atoms with van der Waals surface area (Å²) in [5, 5.41) is 0. The standard InChI is InChI=1S/C22H31N5O3S/c1-4-11-31(29,30)27-13-19(20-14-26(16-24-20)17(2)3)22(15-27)7-10-25(21(22)28)12-18-5-8-23-9-6-18/h5-6,8-9,14,16-17,19H,4,7,10-13,15H2,1-3H3/t19-,22+/m1/s1. The van der Waals surface area contributed by atoms with Gasteiger partial charge in [0.15, 0.2) is 0 Å². The Morgan fingerprint density at radius 1 is 1.26 bits per heavy atom. The number of imidazole rings is 1. The highest BCUT2D eigenvalue weighted by Gasteiger charge is 2.59. The topological polar surface area (TPSA) is 88.4 Å². The summed E-state index contributed by atoms with van der Waals surface area (Å²) in [5.41, 5.74) is 1.07. The predicted molar refractivity (Wildman–Crippen MR) is 118 cm³/mol. The third-order valence-corrected chi connectivity index (χ3v) is 8.59. The van der Waals surface area contributed by atoms with Crippen molar-refractivity contribution in [2.75, 3.05) is 25.4 Å². The number of likely N-dealkylation sites (tertiary alicyclic amines) is 1. The van der Waals surface area contributed by atoms with Gasteiger partial charge in [-0.25, -0.2) is 17.7 Å². The smallest absolute Gasteiger partial charge is 0.231 e. The maximum absolute atomic E-state index is 13.7. The number of carbonyl (C=O) groups excluding carboxylic acids is 1. The number of amides is 1. The number of rotatable bonds is 7. The summed E-state index contributed by atoms with van der Waals surface area (Å²) >= 11 is 0. The number of nitrogens with zero attached hydrogens (tertiary/aromatic N) is 5. The Hall–Kier alpha value is -2.26. The van der Waals surface area contributed by atoms with Gasteiger partial charge >= 0.3 is 0 Å². The van der Waals surface area contributed by atoms with Gasteiger partial charge in [0.2, 0.25) is 15.9 Å². The Balaban J connectivity index is 1.67. The molecule has 2 saturated heterocycles. The Labute approximate surface area is 184 Å². The molecule has 0 unspecified atom stereocenters. The van der Waals surface area contributed by atoms with E-state index in [1.807, 2.05) is 34.7 Å². The van der Waals surface area contributed by atoms with Crippen LogP contribution in [0.1, 0.15) is 56.8 Å². The highest BCUT2D eigenvalue weighted by Crippen LogP contribution is 2.50. The minimum absolute atomic E-state index is 0.0302. The van der Waals surface area contributed by atoms with Gasteiger partial charge in [0.25, 0.3) is 0 Å². The van der Waals surface area contributed by atoms with Crippen LogP contribution in [0.4, 0.5) is 0 Å². The van der Waals surface area contributed by atoms with E-state index >= 15 is 0 Å². The van der Waals surface area contributed by atoms with Crippen molar-refractivity contribution < 1.29 is 13.2 Å². The van der Waals surface area contributed by atoms with Crippen LogP contribution in [-0.2, 0) is 21.4 Å². The molecule has 31 heavy (non-hydrogen) atoms. The first kappa shape index (κ1) is 22.0. The third kappa shape index (κ3) is 4.01. The monoisotopic (exact) mass is 445 g/mol. The van der Waals surface area contributed by atoms with Crippen LogP contribution in [0.25, 0.3) is 0 Å². The van der Waals surface area contributed by atoms with Crippen molar-refractivity contribution in [3.63, 3.8) is 0 Å². The van der Waals surface area contributed by atoms with Crippen LogP contribution in [0.3, 0.4) is 0 Å². The van der Waals surface area contributed by atoms with Crippen LogP contribution in [0, 0.1) is 5.41 Å². The number of pyridine rings is 1. The van der Waals surface area contributed by atoms with Crippen LogP contribution in [0.15, 0.2) is 37.1 Å². The molecule has 0 radical (unpaired) electrons. The van der Waals surface area contributed by atoms with E-state index in [-0.39, 0.29) is 30.2 Å². The zero-order chi connectivity index (χ0) is 22.2. The highest BCUT2D eigenvalue weighted by atomic mass is 32.2. The molecular formula is C22H31N5O3S. The van der Waals surface area contributed by atoms with Gasteiger partial charge in [0.05, 0.1) is 23.2 Å². The van der Waals surface area contributed by atoms with Crippen molar-refractivity contribution in [3.8, 4) is 0 Å². The molecule has 2 aliphatic rings. The van der Waals surface area contributed by atoms with Gasteiger partial charge in [0.1, 0.15) is 0 Å². The lowest BCUT2D eigenvalue weighted by atomic mass is 9.75. The number of carbonyl (C=O) groups is 1. The van der Waals surface area contributed by atoms with Crippen LogP contribution in [0.5, 0.6) is 0 Å². The van der Waals surface area contributed by atoms with E-state index in [0.29, 0.717) is 32.5 Å². The molecule has 9 heteroatoms. The maximum Gasteiger partial charge on any atom is 0.231 e. The van der Waals surface area contributed by atoms with Gasteiger partial charge in [-0.3, -0.25) is 9.78 Å². The first-order chi connectivity index (χ1) is 14.8. The molecule has 8 nitrogen and oxygen atoms in total. The minimum atomic E-state index is -3.40. The first-order valence-corrected chi connectivity index (χ1v) is 12.6. The molecule has 2 aromatic heterocycles. The molecule has 4 rings (SSSR count). The maximum atomic E-state index is 13.7. The Bertz CT molecular complexity index is 1040. The Morgan fingerprint density at radius 2 is 2.00 bits per heavy atom. The molecule has 1 spiro atoms. The summed E-state index contributed by atoms with van der Waals surface area (Å²) in [6, 6.07) is 4.07. The molecular weight excluding hydrogens is 414 g/mol. The van der Waals surface area contributed by atoms with Gasteiger partial charge in [0, 0.05) is 56.7 Å². The quantitative estimate of drug-likeness (QED) is 0.653. The lowest BCUT2D eigenvalue weighted by Crippen LogP contribution is -2.40. The van der Waals surface area contributed by atoms with E-state index in [9.17, 15) is 13.2 Å². The van der Waals surface area contributed by atoms with Gasteiger partial charge in [-0.15, -0.1) is 0 Å². The highest BCUT2D eigenvalue weighted by molar-refractivity contribution is 7.89. The molecule has 0 N–H and O–H groups in total. The second kappa shape index (κ2) is 8.35. The lowest BCUT2D eigenvalue weighted by Gasteiger charge is -2.28. The minimum Gasteiger partial charge on any atom is -0.338 e. The van der Waals surface area contributed by atoms with Crippen LogP contribution in [0.2, 0.25) is 0 Å². The Kier molecular flexibility index (Phi) is 5.91. The molecule has 0 aromatic carbocycles. The summed E-state index contributed by atoms with van der Waals surface area (Å²) in [7, 11) is -3.40.